The van der Waals surface area contributed by atoms with E-state index in [4.69, 9.17) is 4.74 Å². The molecule has 0 spiro atoms. The van der Waals surface area contributed by atoms with Crippen LogP contribution in [-0.2, 0) is 23.1 Å². The van der Waals surface area contributed by atoms with Crippen LogP contribution in [0.4, 0.5) is 0 Å². The monoisotopic (exact) mass is 288 g/mol. The zero-order chi connectivity index (χ0) is 14.9. The molecule has 2 aliphatic carbocycles. The zero-order valence-corrected chi connectivity index (χ0v) is 12.8. The van der Waals surface area contributed by atoms with Gasteiger partial charge in [0.25, 0.3) is 0 Å². The standard InChI is InChI=1S/C18H24O3/c1-21-16-14-8-4-3-7-13(14)9-10-15(16)18(17(19)20)11-5-2-6-12-18/h9-10H,2-8,11-12H2,1H3,(H,19,20). The van der Waals surface area contributed by atoms with E-state index in [1.165, 1.54) is 24.0 Å². The third kappa shape index (κ3) is 2.33. The lowest BCUT2D eigenvalue weighted by molar-refractivity contribution is -0.145. The Kier molecular flexibility index (Phi) is 3.92. The number of carboxylic acid groups (broad SMARTS) is 1. The van der Waals surface area contributed by atoms with Gasteiger partial charge < -0.3 is 9.84 Å². The van der Waals surface area contributed by atoms with E-state index in [2.05, 4.69) is 6.07 Å². The van der Waals surface area contributed by atoms with Gasteiger partial charge in [-0.25, -0.2) is 0 Å². The number of benzene rings is 1. The Morgan fingerprint density at radius 2 is 1.81 bits per heavy atom. The smallest absolute Gasteiger partial charge is 0.314 e. The maximum absolute atomic E-state index is 12.1. The number of rotatable bonds is 3. The first kappa shape index (κ1) is 14.4. The number of hydrogen-bond donors (Lipinski definition) is 1. The fourth-order valence-corrected chi connectivity index (χ4v) is 4.16. The molecule has 3 rings (SSSR count). The molecule has 0 atom stereocenters. The number of hydrogen-bond acceptors (Lipinski definition) is 2. The van der Waals surface area contributed by atoms with E-state index < -0.39 is 11.4 Å². The lowest BCUT2D eigenvalue weighted by atomic mass is 9.68. The number of aryl methyl sites for hydroxylation is 1. The van der Waals surface area contributed by atoms with Crippen molar-refractivity contribution in [3.8, 4) is 5.75 Å². The van der Waals surface area contributed by atoms with Crippen LogP contribution >= 0.6 is 0 Å². The molecule has 3 nitrogen and oxygen atoms in total. The summed E-state index contributed by atoms with van der Waals surface area (Å²) in [6.45, 7) is 0. The minimum atomic E-state index is -0.740. The van der Waals surface area contributed by atoms with Crippen LogP contribution in [-0.4, -0.2) is 18.2 Å². The maximum Gasteiger partial charge on any atom is 0.314 e. The van der Waals surface area contributed by atoms with E-state index in [1.807, 2.05) is 6.07 Å². The van der Waals surface area contributed by atoms with Gasteiger partial charge in [0.05, 0.1) is 12.5 Å². The van der Waals surface area contributed by atoms with Crippen molar-refractivity contribution < 1.29 is 14.6 Å². The lowest BCUT2D eigenvalue weighted by Gasteiger charge is -2.36. The molecule has 114 valence electrons. The normalized spacial score (nSPS) is 20.6. The fourth-order valence-electron chi connectivity index (χ4n) is 4.16. The Morgan fingerprint density at radius 1 is 1.10 bits per heavy atom. The third-order valence-electron chi connectivity index (χ3n) is 5.32. The molecule has 0 unspecified atom stereocenters. The van der Waals surface area contributed by atoms with E-state index in [9.17, 15) is 9.90 Å². The molecule has 0 aromatic heterocycles. The van der Waals surface area contributed by atoms with Crippen LogP contribution in [0.5, 0.6) is 5.75 Å². The highest BCUT2D eigenvalue weighted by Gasteiger charge is 2.44. The molecular weight excluding hydrogens is 264 g/mol. The molecule has 1 aromatic rings. The first-order valence-corrected chi connectivity index (χ1v) is 8.12. The molecule has 3 heteroatoms. The average Bonchev–Trinajstić information content (AvgIpc) is 2.54. The quantitative estimate of drug-likeness (QED) is 0.918. The first-order chi connectivity index (χ1) is 10.2. The number of aliphatic carboxylic acids is 1. The summed E-state index contributed by atoms with van der Waals surface area (Å²) >= 11 is 0. The van der Waals surface area contributed by atoms with Crippen LogP contribution in [0.15, 0.2) is 12.1 Å². The van der Waals surface area contributed by atoms with Crippen LogP contribution in [0.2, 0.25) is 0 Å². The van der Waals surface area contributed by atoms with Crippen LogP contribution < -0.4 is 4.74 Å². The predicted octanol–water partition coefficient (Wildman–Crippen LogP) is 3.86. The van der Waals surface area contributed by atoms with E-state index in [0.717, 1.165) is 56.3 Å². The van der Waals surface area contributed by atoms with Crippen molar-refractivity contribution in [3.05, 3.63) is 28.8 Å². The van der Waals surface area contributed by atoms with Gasteiger partial charge in [0.15, 0.2) is 0 Å². The second-order valence-electron chi connectivity index (χ2n) is 6.44. The molecule has 0 saturated heterocycles. The van der Waals surface area contributed by atoms with Gasteiger partial charge >= 0.3 is 5.97 Å². The first-order valence-electron chi connectivity index (χ1n) is 8.12. The highest BCUT2D eigenvalue weighted by atomic mass is 16.5. The number of methoxy groups -OCH3 is 1. The third-order valence-corrected chi connectivity index (χ3v) is 5.32. The van der Waals surface area contributed by atoms with Crippen LogP contribution in [0.3, 0.4) is 0 Å². The Balaban J connectivity index is 2.14. The van der Waals surface area contributed by atoms with Crippen LogP contribution in [0.1, 0.15) is 61.6 Å². The predicted molar refractivity (Wildman–Crippen MR) is 82.0 cm³/mol. The summed E-state index contributed by atoms with van der Waals surface area (Å²) in [4.78, 5) is 12.1. The van der Waals surface area contributed by atoms with E-state index >= 15 is 0 Å². The van der Waals surface area contributed by atoms with Crippen molar-refractivity contribution >= 4 is 5.97 Å². The van der Waals surface area contributed by atoms with E-state index in [-0.39, 0.29) is 0 Å². The molecule has 1 saturated carbocycles. The molecule has 1 aromatic carbocycles. The van der Waals surface area contributed by atoms with Crippen molar-refractivity contribution in [1.82, 2.24) is 0 Å². The highest BCUT2D eigenvalue weighted by molar-refractivity contribution is 5.83. The molecule has 0 amide bonds. The zero-order valence-electron chi connectivity index (χ0n) is 12.8. The largest absolute Gasteiger partial charge is 0.496 e. The number of fused-ring (bicyclic) bond motifs is 1. The lowest BCUT2D eigenvalue weighted by Crippen LogP contribution is -2.38. The second-order valence-corrected chi connectivity index (χ2v) is 6.44. The summed E-state index contributed by atoms with van der Waals surface area (Å²) in [5, 5.41) is 9.91. The summed E-state index contributed by atoms with van der Waals surface area (Å²) in [5.41, 5.74) is 2.78. The number of ether oxygens (including phenoxy) is 1. The minimum Gasteiger partial charge on any atom is -0.496 e. The molecule has 0 heterocycles. The van der Waals surface area contributed by atoms with Crippen molar-refractivity contribution in [2.45, 2.75) is 63.2 Å². The SMILES string of the molecule is COc1c(C2(C(=O)O)CCCCC2)ccc2c1CCCC2. The van der Waals surface area contributed by atoms with Gasteiger partial charge in [-0.15, -0.1) is 0 Å². The van der Waals surface area contributed by atoms with Gasteiger partial charge in [-0.05, 0) is 49.7 Å². The summed E-state index contributed by atoms with van der Waals surface area (Å²) in [6, 6.07) is 4.17. The Hall–Kier alpha value is -1.51. The Labute approximate surface area is 126 Å². The fraction of sp³-hybridized carbons (Fsp3) is 0.611. The molecule has 0 radical (unpaired) electrons. The summed E-state index contributed by atoms with van der Waals surface area (Å²) < 4.78 is 5.71. The van der Waals surface area contributed by atoms with Gasteiger partial charge in [0, 0.05) is 5.56 Å². The molecule has 1 N–H and O–H groups in total. The van der Waals surface area contributed by atoms with Gasteiger partial charge in [-0.1, -0.05) is 31.4 Å². The molecule has 21 heavy (non-hydrogen) atoms. The van der Waals surface area contributed by atoms with Gasteiger partial charge in [-0.3, -0.25) is 4.79 Å². The van der Waals surface area contributed by atoms with Crippen LogP contribution in [0.25, 0.3) is 0 Å². The molecule has 0 bridgehead atoms. The van der Waals surface area contributed by atoms with E-state index in [1.54, 1.807) is 7.11 Å². The van der Waals surface area contributed by atoms with E-state index in [0.29, 0.717) is 0 Å². The summed E-state index contributed by atoms with van der Waals surface area (Å²) in [7, 11) is 1.69. The van der Waals surface area contributed by atoms with Crippen LogP contribution in [0, 0.1) is 0 Å². The van der Waals surface area contributed by atoms with Crippen molar-refractivity contribution in [3.63, 3.8) is 0 Å². The highest BCUT2D eigenvalue weighted by Crippen LogP contribution is 2.46. The van der Waals surface area contributed by atoms with Gasteiger partial charge in [-0.2, -0.15) is 0 Å². The molecule has 1 fully saturated rings. The van der Waals surface area contributed by atoms with Crippen molar-refractivity contribution in [2.75, 3.05) is 7.11 Å². The summed E-state index contributed by atoms with van der Waals surface area (Å²) in [6.07, 6.45) is 9.09. The minimum absolute atomic E-state index is 0.684. The number of carboxylic acids is 1. The molecule has 2 aliphatic rings. The molecule has 0 aliphatic heterocycles. The van der Waals surface area contributed by atoms with Gasteiger partial charge in [0.1, 0.15) is 5.75 Å². The van der Waals surface area contributed by atoms with Gasteiger partial charge in [0.2, 0.25) is 0 Å². The Bertz CT molecular complexity index is 542. The van der Waals surface area contributed by atoms with Crippen molar-refractivity contribution in [1.29, 1.82) is 0 Å². The van der Waals surface area contributed by atoms with Crippen molar-refractivity contribution in [2.24, 2.45) is 0 Å². The summed E-state index contributed by atoms with van der Waals surface area (Å²) in [5.74, 6) is 0.174. The topological polar surface area (TPSA) is 46.5 Å². The Morgan fingerprint density at radius 3 is 2.48 bits per heavy atom. The second kappa shape index (κ2) is 5.70. The average molecular weight is 288 g/mol. The maximum atomic E-state index is 12.1. The molecular formula is C18H24O3. The number of carbonyl (C=O) groups is 1.